The van der Waals surface area contributed by atoms with Gasteiger partial charge in [-0.15, -0.1) is 0 Å². The minimum Gasteiger partial charge on any atom is -0.398 e. The lowest BCUT2D eigenvalue weighted by Gasteiger charge is -2.11. The molecule has 0 fully saturated rings. The highest BCUT2D eigenvalue weighted by atomic mass is 19.2. The zero-order chi connectivity index (χ0) is 11.4. The first kappa shape index (κ1) is 11.9. The molecule has 1 unspecified atom stereocenters. The maximum Gasteiger partial charge on any atom is 0.164 e. The zero-order valence-corrected chi connectivity index (χ0v) is 8.76. The van der Waals surface area contributed by atoms with E-state index in [0.717, 1.165) is 12.5 Å². The van der Waals surface area contributed by atoms with Crippen molar-refractivity contribution in [3.8, 4) is 0 Å². The molecule has 84 valence electrons. The van der Waals surface area contributed by atoms with Crippen LogP contribution in [0.2, 0.25) is 0 Å². The predicted molar refractivity (Wildman–Crippen MR) is 57.4 cm³/mol. The van der Waals surface area contributed by atoms with Crippen LogP contribution in [0.5, 0.6) is 0 Å². The van der Waals surface area contributed by atoms with Gasteiger partial charge >= 0.3 is 0 Å². The molecule has 0 aromatic heterocycles. The molecule has 0 aliphatic carbocycles. The Hall–Kier alpha value is -1.16. The molecule has 4 heteroatoms. The highest BCUT2D eigenvalue weighted by Crippen LogP contribution is 2.20. The summed E-state index contributed by atoms with van der Waals surface area (Å²) in [6, 6.07) is 2.42. The molecule has 0 spiro atoms. The van der Waals surface area contributed by atoms with Gasteiger partial charge in [-0.3, -0.25) is 0 Å². The fraction of sp³-hybridized carbons (Fsp3) is 0.455. The monoisotopic (exact) mass is 214 g/mol. The molecular weight excluding hydrogens is 198 g/mol. The van der Waals surface area contributed by atoms with Crippen LogP contribution in [0.4, 0.5) is 14.5 Å². The summed E-state index contributed by atoms with van der Waals surface area (Å²) in [5.74, 6) is -1.71. The van der Waals surface area contributed by atoms with E-state index in [4.69, 9.17) is 11.5 Å². The van der Waals surface area contributed by atoms with Crippen molar-refractivity contribution in [2.45, 2.75) is 32.2 Å². The van der Waals surface area contributed by atoms with E-state index in [9.17, 15) is 8.78 Å². The molecule has 4 N–H and O–H groups in total. The van der Waals surface area contributed by atoms with E-state index in [1.807, 2.05) is 6.92 Å². The van der Waals surface area contributed by atoms with Crippen molar-refractivity contribution in [3.63, 3.8) is 0 Å². The summed E-state index contributed by atoms with van der Waals surface area (Å²) in [5, 5.41) is 0. The van der Waals surface area contributed by atoms with Gasteiger partial charge in [-0.2, -0.15) is 0 Å². The largest absolute Gasteiger partial charge is 0.398 e. The van der Waals surface area contributed by atoms with Crippen LogP contribution in [-0.4, -0.2) is 6.04 Å². The summed E-state index contributed by atoms with van der Waals surface area (Å²) in [5.41, 5.74) is 11.8. The van der Waals surface area contributed by atoms with E-state index in [-0.39, 0.29) is 17.3 Å². The van der Waals surface area contributed by atoms with Crippen molar-refractivity contribution in [1.29, 1.82) is 0 Å². The van der Waals surface area contributed by atoms with Crippen molar-refractivity contribution in [1.82, 2.24) is 0 Å². The molecule has 0 bridgehead atoms. The van der Waals surface area contributed by atoms with Gasteiger partial charge in [0.1, 0.15) is 0 Å². The second-order valence-corrected chi connectivity index (χ2v) is 3.64. The fourth-order valence-electron chi connectivity index (χ4n) is 1.40. The number of nitrogen functional groups attached to an aromatic ring is 1. The van der Waals surface area contributed by atoms with Crippen LogP contribution in [0, 0.1) is 11.6 Å². The third kappa shape index (κ3) is 2.89. The third-order valence-corrected chi connectivity index (χ3v) is 2.52. The Bertz CT molecular complexity index is 340. The molecule has 1 aromatic rings. The van der Waals surface area contributed by atoms with Crippen LogP contribution in [-0.2, 0) is 6.42 Å². The number of hydrogen-bond acceptors (Lipinski definition) is 2. The van der Waals surface area contributed by atoms with E-state index < -0.39 is 11.6 Å². The minimum atomic E-state index is -0.857. The van der Waals surface area contributed by atoms with Gasteiger partial charge in [0.25, 0.3) is 0 Å². The first-order chi connectivity index (χ1) is 7.06. The first-order valence-corrected chi connectivity index (χ1v) is 5.04. The van der Waals surface area contributed by atoms with Gasteiger partial charge in [0.05, 0.1) is 0 Å². The normalized spacial score (nSPS) is 12.8. The van der Waals surface area contributed by atoms with E-state index in [1.165, 1.54) is 6.07 Å². The van der Waals surface area contributed by atoms with Crippen molar-refractivity contribution in [3.05, 3.63) is 29.3 Å². The summed E-state index contributed by atoms with van der Waals surface area (Å²) in [4.78, 5) is 0. The Balaban J connectivity index is 2.80. The summed E-state index contributed by atoms with van der Waals surface area (Å²) >= 11 is 0. The molecule has 0 radical (unpaired) electrons. The summed E-state index contributed by atoms with van der Waals surface area (Å²) in [6.07, 6.45) is 1.81. The van der Waals surface area contributed by atoms with Crippen LogP contribution < -0.4 is 11.5 Å². The zero-order valence-electron chi connectivity index (χ0n) is 8.76. The maximum absolute atomic E-state index is 13.3. The van der Waals surface area contributed by atoms with Crippen LogP contribution in [0.15, 0.2) is 12.1 Å². The van der Waals surface area contributed by atoms with E-state index in [2.05, 4.69) is 0 Å². The van der Waals surface area contributed by atoms with E-state index >= 15 is 0 Å². The predicted octanol–water partition coefficient (Wildman–Crippen LogP) is 2.22. The van der Waals surface area contributed by atoms with Crippen molar-refractivity contribution in [2.75, 3.05) is 5.73 Å². The average Bonchev–Trinajstić information content (AvgIpc) is 2.23. The molecule has 0 aliphatic heterocycles. The first-order valence-electron chi connectivity index (χ1n) is 5.04. The Labute approximate surface area is 88.3 Å². The standard InChI is InChI=1S/C11H16F2N2/c1-2-7(14)3-4-8-10(15)6-5-9(12)11(8)13/h5-7H,2-4,14-15H2,1H3. The van der Waals surface area contributed by atoms with Crippen LogP contribution in [0.25, 0.3) is 0 Å². The van der Waals surface area contributed by atoms with Crippen LogP contribution in [0.3, 0.4) is 0 Å². The molecule has 0 heterocycles. The summed E-state index contributed by atoms with van der Waals surface area (Å²) in [7, 11) is 0. The Morgan fingerprint density at radius 2 is 2.00 bits per heavy atom. The summed E-state index contributed by atoms with van der Waals surface area (Å²) in [6.45, 7) is 1.95. The molecule has 0 saturated carbocycles. The number of benzene rings is 1. The molecule has 1 aromatic carbocycles. The second kappa shape index (κ2) is 5.07. The van der Waals surface area contributed by atoms with Gasteiger partial charge < -0.3 is 11.5 Å². The van der Waals surface area contributed by atoms with Gasteiger partial charge in [0.15, 0.2) is 11.6 Å². The van der Waals surface area contributed by atoms with Crippen molar-refractivity contribution in [2.24, 2.45) is 5.73 Å². The average molecular weight is 214 g/mol. The molecule has 0 saturated heterocycles. The lowest BCUT2D eigenvalue weighted by molar-refractivity contribution is 0.493. The van der Waals surface area contributed by atoms with E-state index in [1.54, 1.807) is 0 Å². The Morgan fingerprint density at radius 1 is 1.33 bits per heavy atom. The number of halogens is 2. The lowest BCUT2D eigenvalue weighted by atomic mass is 10.0. The lowest BCUT2D eigenvalue weighted by Crippen LogP contribution is -2.19. The minimum absolute atomic E-state index is 0.00654. The molecule has 2 nitrogen and oxygen atoms in total. The molecule has 1 rings (SSSR count). The molecule has 0 aliphatic rings. The molecule has 15 heavy (non-hydrogen) atoms. The quantitative estimate of drug-likeness (QED) is 0.755. The van der Waals surface area contributed by atoms with Gasteiger partial charge in [0.2, 0.25) is 0 Å². The second-order valence-electron chi connectivity index (χ2n) is 3.64. The Morgan fingerprint density at radius 3 is 2.60 bits per heavy atom. The third-order valence-electron chi connectivity index (χ3n) is 2.52. The van der Waals surface area contributed by atoms with Gasteiger partial charge in [-0.05, 0) is 31.4 Å². The SMILES string of the molecule is CCC(N)CCc1c(N)ccc(F)c1F. The maximum atomic E-state index is 13.3. The fourth-order valence-corrected chi connectivity index (χ4v) is 1.40. The number of nitrogens with two attached hydrogens (primary N) is 2. The van der Waals surface area contributed by atoms with E-state index in [0.29, 0.717) is 12.8 Å². The molecule has 1 atom stereocenters. The van der Waals surface area contributed by atoms with Crippen LogP contribution in [0.1, 0.15) is 25.3 Å². The highest BCUT2D eigenvalue weighted by molar-refractivity contribution is 5.47. The van der Waals surface area contributed by atoms with Gasteiger partial charge in [-0.1, -0.05) is 6.92 Å². The topological polar surface area (TPSA) is 52.0 Å². The molecule has 0 amide bonds. The number of anilines is 1. The van der Waals surface area contributed by atoms with Gasteiger partial charge in [0, 0.05) is 17.3 Å². The highest BCUT2D eigenvalue weighted by Gasteiger charge is 2.12. The number of rotatable bonds is 4. The summed E-state index contributed by atoms with van der Waals surface area (Å²) < 4.78 is 26.2. The smallest absolute Gasteiger partial charge is 0.164 e. The Kier molecular flexibility index (Phi) is 4.03. The van der Waals surface area contributed by atoms with Crippen molar-refractivity contribution < 1.29 is 8.78 Å². The molecular formula is C11H16F2N2. The van der Waals surface area contributed by atoms with Gasteiger partial charge in [-0.25, -0.2) is 8.78 Å². The van der Waals surface area contributed by atoms with Crippen LogP contribution >= 0.6 is 0 Å². The van der Waals surface area contributed by atoms with Crippen molar-refractivity contribution >= 4 is 5.69 Å². The number of hydrogen-bond donors (Lipinski definition) is 2.